The second-order valence-electron chi connectivity index (χ2n) is 22.0. The lowest BCUT2D eigenvalue weighted by Gasteiger charge is -2.55. The maximum absolute atomic E-state index is 13.6. The van der Waals surface area contributed by atoms with Crippen LogP contribution in [-0.2, 0) is 25.8 Å². The monoisotopic (exact) mass is 689 g/mol. The lowest BCUT2D eigenvalue weighted by molar-refractivity contribution is -0.137. The number of carbonyl (C=O) groups is 2. The van der Waals surface area contributed by atoms with E-state index in [0.29, 0.717) is 65.1 Å². The molecular formula is C49H68O2. The van der Waals surface area contributed by atoms with E-state index >= 15 is 0 Å². The minimum Gasteiger partial charge on any atom is -0.291 e. The highest BCUT2D eigenvalue weighted by atomic mass is 16.2. The van der Waals surface area contributed by atoms with Crippen molar-refractivity contribution in [2.75, 3.05) is 0 Å². The molecule has 0 aliphatic heterocycles. The van der Waals surface area contributed by atoms with Crippen molar-refractivity contribution in [2.24, 2.45) is 59.2 Å². The van der Waals surface area contributed by atoms with E-state index in [9.17, 15) is 9.59 Å². The summed E-state index contributed by atoms with van der Waals surface area (Å²) in [5.41, 5.74) is 9.49. The van der Waals surface area contributed by atoms with Gasteiger partial charge < -0.3 is 0 Å². The van der Waals surface area contributed by atoms with Crippen molar-refractivity contribution in [3.05, 3.63) is 69.8 Å². The molecule has 2 aromatic rings. The van der Waals surface area contributed by atoms with E-state index in [-0.39, 0.29) is 39.6 Å². The number of ketones is 2. The van der Waals surface area contributed by atoms with Gasteiger partial charge in [-0.15, -0.1) is 0 Å². The van der Waals surface area contributed by atoms with E-state index in [1.807, 2.05) is 0 Å². The fourth-order valence-electron chi connectivity index (χ4n) is 13.6. The van der Waals surface area contributed by atoms with Crippen molar-refractivity contribution in [3.63, 3.8) is 0 Å². The highest BCUT2D eigenvalue weighted by Crippen LogP contribution is 2.73. The summed E-state index contributed by atoms with van der Waals surface area (Å²) in [6.45, 7) is 26.3. The van der Waals surface area contributed by atoms with Gasteiger partial charge in [0.05, 0.1) is 0 Å². The van der Waals surface area contributed by atoms with Crippen molar-refractivity contribution < 1.29 is 9.59 Å². The van der Waals surface area contributed by atoms with Gasteiger partial charge in [-0.2, -0.15) is 0 Å². The van der Waals surface area contributed by atoms with E-state index in [2.05, 4.69) is 113 Å². The summed E-state index contributed by atoms with van der Waals surface area (Å²) in [5, 5.41) is 0. The minimum absolute atomic E-state index is 0.000598. The van der Waals surface area contributed by atoms with Gasteiger partial charge >= 0.3 is 0 Å². The van der Waals surface area contributed by atoms with Gasteiger partial charge in [0, 0.05) is 11.8 Å². The third-order valence-corrected chi connectivity index (χ3v) is 15.9. The van der Waals surface area contributed by atoms with Gasteiger partial charge in [-0.1, -0.05) is 125 Å². The first kappa shape index (κ1) is 35.8. The molecule has 6 aliphatic rings. The Bertz CT molecular complexity index is 1660. The summed E-state index contributed by atoms with van der Waals surface area (Å²) in [7, 11) is 0. The molecule has 12 unspecified atom stereocenters. The molecule has 0 radical (unpaired) electrons. The van der Waals surface area contributed by atoms with Crippen molar-refractivity contribution in [3.8, 4) is 0 Å². The van der Waals surface area contributed by atoms with Gasteiger partial charge in [-0.05, 0) is 153 Å². The Kier molecular flexibility index (Phi) is 8.52. The predicted octanol–water partition coefficient (Wildman–Crippen LogP) is 12.1. The lowest BCUT2D eigenvalue weighted by Crippen LogP contribution is -2.46. The van der Waals surface area contributed by atoms with Crippen LogP contribution in [0, 0.1) is 59.2 Å². The number of Topliss-reactive ketones (excluding diaryl/α,β-unsaturated/α-hetero) is 2. The van der Waals surface area contributed by atoms with Gasteiger partial charge in [0.1, 0.15) is 0 Å². The summed E-state index contributed by atoms with van der Waals surface area (Å²) in [5.74, 6) is 6.25. The average Bonchev–Trinajstić information content (AvgIpc) is 3.52. The van der Waals surface area contributed by atoms with Crippen molar-refractivity contribution in [2.45, 2.75) is 162 Å². The SMILES string of the molecule is CC(C)c1cc(C2C3CCCCC3C(c3cc(C(C)(C)C)cc(C(C)(C)C)c3)C3C4CCC5C(=O)C(=O)C6CCC(C4C65)C23)cc(C(C)(C)C)c1. The molecule has 2 heteroatoms. The summed E-state index contributed by atoms with van der Waals surface area (Å²) in [6.07, 6.45) is 9.54. The van der Waals surface area contributed by atoms with Crippen LogP contribution in [0.25, 0.3) is 0 Å². The molecule has 2 nitrogen and oxygen atoms in total. The van der Waals surface area contributed by atoms with Gasteiger partial charge in [-0.25, -0.2) is 0 Å². The molecular weight excluding hydrogens is 621 g/mol. The van der Waals surface area contributed by atoms with Gasteiger partial charge in [0.2, 0.25) is 11.6 Å². The van der Waals surface area contributed by atoms with Crippen molar-refractivity contribution in [1.82, 2.24) is 0 Å². The van der Waals surface area contributed by atoms with Crippen molar-refractivity contribution >= 4 is 11.6 Å². The smallest absolute Gasteiger partial charge is 0.202 e. The highest BCUT2D eigenvalue weighted by Gasteiger charge is 2.69. The summed E-state index contributed by atoms with van der Waals surface area (Å²) < 4.78 is 0. The zero-order chi connectivity index (χ0) is 36.5. The van der Waals surface area contributed by atoms with E-state index in [1.165, 1.54) is 47.9 Å². The maximum atomic E-state index is 13.6. The number of benzene rings is 2. The molecule has 6 saturated carbocycles. The zero-order valence-corrected chi connectivity index (χ0v) is 33.9. The first-order valence-electron chi connectivity index (χ1n) is 21.3. The second kappa shape index (κ2) is 12.1. The number of hydrogen-bond donors (Lipinski definition) is 0. The predicted molar refractivity (Wildman–Crippen MR) is 210 cm³/mol. The van der Waals surface area contributed by atoms with Crippen molar-refractivity contribution in [1.29, 1.82) is 0 Å². The topological polar surface area (TPSA) is 34.1 Å². The molecule has 0 heterocycles. The molecule has 0 aromatic heterocycles. The molecule has 12 atom stereocenters. The van der Waals surface area contributed by atoms with E-state index in [1.54, 1.807) is 11.1 Å². The normalized spacial score (nSPS) is 37.7. The molecule has 0 saturated heterocycles. The number of hydrogen-bond acceptors (Lipinski definition) is 2. The average molecular weight is 689 g/mol. The third-order valence-electron chi connectivity index (χ3n) is 15.9. The Morgan fingerprint density at radius 3 is 1.29 bits per heavy atom. The van der Waals surface area contributed by atoms with Crippen LogP contribution in [0.2, 0.25) is 0 Å². The molecule has 0 spiro atoms. The fourth-order valence-corrected chi connectivity index (χ4v) is 13.6. The Balaban J connectivity index is 1.37. The molecule has 0 bridgehead atoms. The van der Waals surface area contributed by atoms with Crippen LogP contribution in [0.5, 0.6) is 0 Å². The van der Waals surface area contributed by atoms with Crippen LogP contribution < -0.4 is 0 Å². The Morgan fingerprint density at radius 1 is 0.471 bits per heavy atom. The quantitative estimate of drug-likeness (QED) is 0.301. The molecule has 276 valence electrons. The van der Waals surface area contributed by atoms with E-state index in [0.717, 1.165) is 25.7 Å². The van der Waals surface area contributed by atoms with Gasteiger partial charge in [-0.3, -0.25) is 9.59 Å². The summed E-state index contributed by atoms with van der Waals surface area (Å²) in [6, 6.07) is 15.7. The standard InChI is InChI=1S/C49H68O2/c1-26(2)27-20-28(22-30(21-27)47(3,4)5)39-33-14-12-13-15-34(33)40(29-23-31(48(6,7)8)25-32(24-29)49(9,10)11)44-36-17-19-38-42-37(45(50)46(38)51)18-16-35(41(36)42)43(39)44/h20-26,33-44H,12-19H2,1-11H3. The number of fused-ring (bicyclic) bond motifs is 4. The largest absolute Gasteiger partial charge is 0.291 e. The molecule has 0 N–H and O–H groups in total. The maximum Gasteiger partial charge on any atom is 0.202 e. The van der Waals surface area contributed by atoms with Crippen LogP contribution in [0.1, 0.15) is 179 Å². The van der Waals surface area contributed by atoms with E-state index in [4.69, 9.17) is 0 Å². The molecule has 6 aliphatic carbocycles. The van der Waals surface area contributed by atoms with Gasteiger partial charge in [0.25, 0.3) is 0 Å². The van der Waals surface area contributed by atoms with Gasteiger partial charge in [0.15, 0.2) is 0 Å². The second-order valence-corrected chi connectivity index (χ2v) is 22.0. The summed E-state index contributed by atoms with van der Waals surface area (Å²) >= 11 is 0. The molecule has 8 rings (SSSR count). The first-order chi connectivity index (χ1) is 23.9. The molecule has 2 aromatic carbocycles. The molecule has 51 heavy (non-hydrogen) atoms. The van der Waals surface area contributed by atoms with Crippen LogP contribution in [0.3, 0.4) is 0 Å². The summed E-state index contributed by atoms with van der Waals surface area (Å²) in [4.78, 5) is 27.1. The Morgan fingerprint density at radius 2 is 0.882 bits per heavy atom. The van der Waals surface area contributed by atoms with Crippen LogP contribution in [0.15, 0.2) is 36.4 Å². The molecule has 0 amide bonds. The minimum atomic E-state index is -0.000598. The zero-order valence-electron chi connectivity index (χ0n) is 33.9. The van der Waals surface area contributed by atoms with E-state index < -0.39 is 0 Å². The fraction of sp³-hybridized carbons (Fsp3) is 0.714. The highest BCUT2D eigenvalue weighted by molar-refractivity contribution is 6.41. The molecule has 6 fully saturated rings. The Hall–Kier alpha value is -2.22. The Labute approximate surface area is 310 Å². The third kappa shape index (κ3) is 5.68. The lowest BCUT2D eigenvalue weighted by atomic mass is 9.49. The van der Waals surface area contributed by atoms with Crippen LogP contribution >= 0.6 is 0 Å². The van der Waals surface area contributed by atoms with Crippen LogP contribution in [0.4, 0.5) is 0 Å². The number of rotatable bonds is 3. The first-order valence-corrected chi connectivity index (χ1v) is 21.3. The van der Waals surface area contributed by atoms with Crippen LogP contribution in [-0.4, -0.2) is 11.6 Å². The number of carbonyl (C=O) groups excluding carboxylic acids is 2.